The van der Waals surface area contributed by atoms with Crippen LogP contribution in [0.2, 0.25) is 0 Å². The fourth-order valence-corrected chi connectivity index (χ4v) is 5.84. The molecular formula is C22H30O5. The molecule has 4 rings (SSSR count). The first kappa shape index (κ1) is 19.8. The number of ether oxygens (including phenoxy) is 2. The lowest BCUT2D eigenvalue weighted by atomic mass is 9.37. The van der Waals surface area contributed by atoms with Crippen LogP contribution in [-0.2, 0) is 23.9 Å². The van der Waals surface area contributed by atoms with Crippen LogP contribution in [0.1, 0.15) is 54.9 Å². The molecule has 0 aromatic carbocycles. The summed E-state index contributed by atoms with van der Waals surface area (Å²) in [6.45, 7) is 13.1. The Morgan fingerprint density at radius 3 is 2.26 bits per heavy atom. The Morgan fingerprint density at radius 1 is 1.11 bits per heavy atom. The number of allylic oxidation sites excluding steroid dienone is 3. The largest absolute Gasteiger partial charge is 0.462 e. The van der Waals surface area contributed by atoms with Crippen molar-refractivity contribution in [3.8, 4) is 0 Å². The summed E-state index contributed by atoms with van der Waals surface area (Å²) in [5.41, 5.74) is 0.737. The van der Waals surface area contributed by atoms with Gasteiger partial charge in [0.25, 0.3) is 0 Å². The fraction of sp³-hybridized carbons (Fsp3) is 0.682. The Labute approximate surface area is 161 Å². The SMILES string of the molecule is C/C=C(/C)C(=O)O[C@@H]1C[C@@H](OC(C)=O)[C@@]2(C)[C@@H]3C(=O)C=C(C)[C@H]2[C@@H]3C1(C)C. The van der Waals surface area contributed by atoms with E-state index in [1.165, 1.54) is 6.92 Å². The highest BCUT2D eigenvalue weighted by Gasteiger charge is 2.74. The summed E-state index contributed by atoms with van der Waals surface area (Å²) in [6.07, 6.45) is 2.99. The predicted octanol–water partition coefficient (Wildman–Crippen LogP) is 3.62. The molecule has 0 radical (unpaired) electrons. The Bertz CT molecular complexity index is 759. The number of rotatable bonds is 3. The molecule has 0 aliphatic heterocycles. The quantitative estimate of drug-likeness (QED) is 0.557. The van der Waals surface area contributed by atoms with Gasteiger partial charge in [-0.25, -0.2) is 4.79 Å². The van der Waals surface area contributed by atoms with Crippen molar-refractivity contribution in [2.45, 2.75) is 67.1 Å². The minimum absolute atomic E-state index is 0.0734. The molecule has 148 valence electrons. The molecule has 4 aliphatic carbocycles. The number of esters is 2. The maximum Gasteiger partial charge on any atom is 0.333 e. The number of hydrogen-bond acceptors (Lipinski definition) is 5. The van der Waals surface area contributed by atoms with Gasteiger partial charge in [-0.15, -0.1) is 0 Å². The van der Waals surface area contributed by atoms with E-state index in [0.29, 0.717) is 12.0 Å². The summed E-state index contributed by atoms with van der Waals surface area (Å²) in [6, 6.07) is 0. The average Bonchev–Trinajstić information content (AvgIpc) is 2.66. The number of fused-ring (bicyclic) bond motifs is 3. The van der Waals surface area contributed by atoms with Crippen molar-refractivity contribution in [1.29, 1.82) is 0 Å². The summed E-state index contributed by atoms with van der Waals surface area (Å²) >= 11 is 0. The van der Waals surface area contributed by atoms with Gasteiger partial charge in [0.05, 0.1) is 0 Å². The van der Waals surface area contributed by atoms with E-state index in [1.54, 1.807) is 26.0 Å². The maximum atomic E-state index is 12.9. The van der Waals surface area contributed by atoms with E-state index >= 15 is 0 Å². The second-order valence-electron chi connectivity index (χ2n) is 9.16. The molecule has 0 aromatic rings. The van der Waals surface area contributed by atoms with Gasteiger partial charge in [0.15, 0.2) is 5.78 Å². The maximum absolute atomic E-state index is 12.9. The van der Waals surface area contributed by atoms with Gasteiger partial charge >= 0.3 is 11.9 Å². The predicted molar refractivity (Wildman–Crippen MR) is 101 cm³/mol. The van der Waals surface area contributed by atoms with Gasteiger partial charge in [0, 0.05) is 35.7 Å². The summed E-state index contributed by atoms with van der Waals surface area (Å²) < 4.78 is 11.6. The Balaban J connectivity index is 2.06. The van der Waals surface area contributed by atoms with Crippen LogP contribution in [0.3, 0.4) is 0 Å². The molecule has 3 fully saturated rings. The highest BCUT2D eigenvalue weighted by atomic mass is 16.6. The number of carbonyl (C=O) groups is 3. The monoisotopic (exact) mass is 374 g/mol. The van der Waals surface area contributed by atoms with Gasteiger partial charge in [-0.1, -0.05) is 32.4 Å². The lowest BCUT2D eigenvalue weighted by Crippen LogP contribution is -2.67. The van der Waals surface area contributed by atoms with Gasteiger partial charge in [0.2, 0.25) is 0 Å². The number of ketones is 1. The van der Waals surface area contributed by atoms with Crippen LogP contribution in [-0.4, -0.2) is 29.9 Å². The molecule has 4 aliphatic rings. The number of carbonyl (C=O) groups excluding carboxylic acids is 3. The first-order valence-electron chi connectivity index (χ1n) is 9.69. The molecule has 3 saturated carbocycles. The van der Waals surface area contributed by atoms with Crippen LogP contribution in [0.25, 0.3) is 0 Å². The van der Waals surface area contributed by atoms with Crippen molar-refractivity contribution < 1.29 is 23.9 Å². The lowest BCUT2D eigenvalue weighted by Gasteiger charge is -2.65. The zero-order valence-electron chi connectivity index (χ0n) is 17.3. The molecule has 0 spiro atoms. The third-order valence-electron chi connectivity index (χ3n) is 7.35. The van der Waals surface area contributed by atoms with Crippen LogP contribution in [0.4, 0.5) is 0 Å². The van der Waals surface area contributed by atoms with Crippen molar-refractivity contribution in [2.24, 2.45) is 28.6 Å². The third-order valence-corrected chi connectivity index (χ3v) is 7.35. The molecule has 5 nitrogen and oxygen atoms in total. The van der Waals surface area contributed by atoms with Gasteiger partial charge in [-0.2, -0.15) is 0 Å². The first-order chi connectivity index (χ1) is 12.5. The second kappa shape index (κ2) is 6.32. The summed E-state index contributed by atoms with van der Waals surface area (Å²) in [4.78, 5) is 37.2. The van der Waals surface area contributed by atoms with E-state index in [0.717, 1.165) is 5.57 Å². The van der Waals surface area contributed by atoms with E-state index in [9.17, 15) is 14.4 Å². The van der Waals surface area contributed by atoms with Gasteiger partial charge in [0.1, 0.15) is 12.2 Å². The highest BCUT2D eigenvalue weighted by Crippen LogP contribution is 2.72. The van der Waals surface area contributed by atoms with Crippen LogP contribution in [0, 0.1) is 28.6 Å². The smallest absolute Gasteiger partial charge is 0.333 e. The number of hydrogen-bond donors (Lipinski definition) is 0. The van der Waals surface area contributed by atoms with Crippen molar-refractivity contribution in [3.63, 3.8) is 0 Å². The zero-order chi connectivity index (χ0) is 20.3. The third kappa shape index (κ3) is 2.69. The Kier molecular flexibility index (Phi) is 4.64. The minimum Gasteiger partial charge on any atom is -0.462 e. The van der Waals surface area contributed by atoms with Crippen LogP contribution in [0.5, 0.6) is 0 Å². The Hall–Kier alpha value is -1.91. The molecule has 0 aromatic heterocycles. The standard InChI is InChI=1S/C22H30O5/c1-8-11(2)20(25)27-15-10-16(26-13(4)23)22(7)17-12(3)9-14(24)18(22)19(17)21(15,5)6/h8-9,15-19H,10H2,1-7H3/b11-8-/t15-,16-,17+,18-,19+,22-/m1/s1. The van der Waals surface area contributed by atoms with Gasteiger partial charge < -0.3 is 9.47 Å². The molecule has 5 heteroatoms. The molecule has 0 saturated heterocycles. The van der Waals surface area contributed by atoms with Crippen molar-refractivity contribution in [3.05, 3.63) is 23.3 Å². The second-order valence-corrected chi connectivity index (χ2v) is 9.16. The van der Waals surface area contributed by atoms with E-state index in [1.807, 2.05) is 6.92 Å². The fourth-order valence-electron chi connectivity index (χ4n) is 5.84. The van der Waals surface area contributed by atoms with Crippen molar-refractivity contribution in [2.75, 3.05) is 0 Å². The minimum atomic E-state index is -0.459. The summed E-state index contributed by atoms with van der Waals surface area (Å²) in [7, 11) is 0. The van der Waals surface area contributed by atoms with E-state index in [4.69, 9.17) is 9.47 Å². The molecular weight excluding hydrogens is 344 g/mol. The molecule has 0 N–H and O–H groups in total. The van der Waals surface area contributed by atoms with Gasteiger partial charge in [-0.05, 0) is 38.7 Å². The van der Waals surface area contributed by atoms with E-state index < -0.39 is 23.0 Å². The van der Waals surface area contributed by atoms with E-state index in [-0.39, 0.29) is 35.5 Å². The Morgan fingerprint density at radius 2 is 1.74 bits per heavy atom. The molecule has 0 heterocycles. The molecule has 27 heavy (non-hydrogen) atoms. The van der Waals surface area contributed by atoms with Crippen LogP contribution in [0.15, 0.2) is 23.3 Å². The first-order valence-corrected chi connectivity index (χ1v) is 9.69. The molecule has 4 bridgehead atoms. The van der Waals surface area contributed by atoms with Crippen molar-refractivity contribution >= 4 is 17.7 Å². The van der Waals surface area contributed by atoms with Crippen LogP contribution >= 0.6 is 0 Å². The zero-order valence-corrected chi connectivity index (χ0v) is 17.3. The van der Waals surface area contributed by atoms with Gasteiger partial charge in [-0.3, -0.25) is 9.59 Å². The summed E-state index contributed by atoms with van der Waals surface area (Å²) in [5, 5.41) is 0. The lowest BCUT2D eigenvalue weighted by molar-refractivity contribution is -0.202. The topological polar surface area (TPSA) is 69.7 Å². The molecule has 0 amide bonds. The van der Waals surface area contributed by atoms with Crippen molar-refractivity contribution in [1.82, 2.24) is 0 Å². The average molecular weight is 374 g/mol. The molecule has 0 unspecified atom stereocenters. The van der Waals surface area contributed by atoms with Crippen LogP contribution < -0.4 is 0 Å². The molecule has 6 atom stereocenters. The van der Waals surface area contributed by atoms with E-state index in [2.05, 4.69) is 20.8 Å². The normalized spacial score (nSPS) is 39.7. The highest BCUT2D eigenvalue weighted by molar-refractivity contribution is 5.97. The summed E-state index contributed by atoms with van der Waals surface area (Å²) in [5.74, 6) is -0.617.